The molecule has 0 spiro atoms. The zero-order valence-corrected chi connectivity index (χ0v) is 45.3. The standard InChI is InChI=1S/C56H99NO14/c1-6-11-15-19-23-27-34-65-50(58)38-46(39-51(59)66-35-28-24-20-16-12-7-2)42-54(62)70-44-48-31-32-49(57(48)56(64)69-33-10-5)45-71-55(63)43-47(40-52(60)67-36-29-25-21-17-13-8-3)41-53(61)68-37-30-26-22-18-14-9-4/h46-49H,6-45H2,1-5H3. The van der Waals surface area contributed by atoms with Crippen LogP contribution in [0.5, 0.6) is 0 Å². The van der Waals surface area contributed by atoms with Crippen LogP contribution < -0.4 is 0 Å². The van der Waals surface area contributed by atoms with Crippen LogP contribution in [0.3, 0.4) is 0 Å². The molecule has 15 heteroatoms. The van der Waals surface area contributed by atoms with Gasteiger partial charge < -0.3 is 33.2 Å². The number of ether oxygens (including phenoxy) is 7. The molecule has 0 N–H and O–H groups in total. The largest absolute Gasteiger partial charge is 0.466 e. The van der Waals surface area contributed by atoms with Crippen LogP contribution in [0.4, 0.5) is 4.79 Å². The van der Waals surface area contributed by atoms with Crippen molar-refractivity contribution in [3.63, 3.8) is 0 Å². The number of amides is 1. The third kappa shape index (κ3) is 35.8. The smallest absolute Gasteiger partial charge is 0.410 e. The summed E-state index contributed by atoms with van der Waals surface area (Å²) in [6, 6.07) is -1.18. The van der Waals surface area contributed by atoms with Crippen LogP contribution in [-0.4, -0.2) is 105 Å². The number of carbonyl (C=O) groups excluding carboxylic acids is 7. The lowest BCUT2D eigenvalue weighted by atomic mass is 9.97. The Morgan fingerprint density at radius 1 is 0.324 bits per heavy atom. The van der Waals surface area contributed by atoms with E-state index in [1.54, 1.807) is 0 Å². The molecule has 0 aromatic carbocycles. The molecule has 2 unspecified atom stereocenters. The first-order chi connectivity index (χ1) is 34.5. The molecule has 71 heavy (non-hydrogen) atoms. The lowest BCUT2D eigenvalue weighted by Gasteiger charge is -2.29. The lowest BCUT2D eigenvalue weighted by molar-refractivity contribution is -0.153. The SMILES string of the molecule is CCCCCCCCOC(=O)CC(CC(=O)OCCCCCCCC)CC(=O)OCC1CCC(COC(=O)CC(CC(=O)OCCCCCCCC)CC(=O)OCCCCCCCC)N1C(=O)OCCC. The van der Waals surface area contributed by atoms with Crippen molar-refractivity contribution < 1.29 is 66.7 Å². The molecular formula is C56H99NO14. The highest BCUT2D eigenvalue weighted by Crippen LogP contribution is 2.28. The first-order valence-electron chi connectivity index (χ1n) is 28.4. The minimum Gasteiger partial charge on any atom is -0.466 e. The summed E-state index contributed by atoms with van der Waals surface area (Å²) < 4.78 is 38.9. The predicted octanol–water partition coefficient (Wildman–Crippen LogP) is 12.6. The maximum absolute atomic E-state index is 13.5. The molecule has 2 atom stereocenters. The quantitative estimate of drug-likeness (QED) is 0.0318. The van der Waals surface area contributed by atoms with Crippen molar-refractivity contribution >= 4 is 41.9 Å². The third-order valence-electron chi connectivity index (χ3n) is 12.9. The first-order valence-corrected chi connectivity index (χ1v) is 28.4. The summed E-state index contributed by atoms with van der Waals surface area (Å²) >= 11 is 0. The number of carbonyl (C=O) groups is 7. The molecule has 1 aliphatic heterocycles. The molecule has 1 fully saturated rings. The van der Waals surface area contributed by atoms with Gasteiger partial charge in [0.05, 0.1) is 45.1 Å². The Hall–Kier alpha value is -3.91. The first kappa shape index (κ1) is 65.1. The highest BCUT2D eigenvalue weighted by molar-refractivity contribution is 5.77. The highest BCUT2D eigenvalue weighted by atomic mass is 16.6. The zero-order valence-electron chi connectivity index (χ0n) is 45.3. The van der Waals surface area contributed by atoms with E-state index in [9.17, 15) is 33.6 Å². The van der Waals surface area contributed by atoms with Crippen LogP contribution in [0.1, 0.15) is 247 Å². The summed E-state index contributed by atoms with van der Waals surface area (Å²) in [5.41, 5.74) is 0. The van der Waals surface area contributed by atoms with Gasteiger partial charge in [-0.2, -0.15) is 0 Å². The summed E-state index contributed by atoms with van der Waals surface area (Å²) in [6.07, 6.45) is 24.7. The van der Waals surface area contributed by atoms with Crippen molar-refractivity contribution in [2.75, 3.05) is 46.2 Å². The molecule has 1 rings (SSSR count). The molecule has 0 bridgehead atoms. The monoisotopic (exact) mass is 1010 g/mol. The van der Waals surface area contributed by atoms with Gasteiger partial charge in [-0.25, -0.2) is 4.79 Å². The molecule has 412 valence electrons. The molecule has 0 aliphatic carbocycles. The summed E-state index contributed by atoms with van der Waals surface area (Å²) in [7, 11) is 0. The fraction of sp³-hybridized carbons (Fsp3) is 0.875. The number of unbranched alkanes of at least 4 members (excludes halogenated alkanes) is 20. The van der Waals surface area contributed by atoms with Crippen molar-refractivity contribution in [2.45, 2.75) is 259 Å². The molecule has 0 radical (unpaired) electrons. The number of nitrogens with zero attached hydrogens (tertiary/aromatic N) is 1. The van der Waals surface area contributed by atoms with E-state index in [0.717, 1.165) is 128 Å². The van der Waals surface area contributed by atoms with Crippen LogP contribution >= 0.6 is 0 Å². The predicted molar refractivity (Wildman–Crippen MR) is 274 cm³/mol. The maximum Gasteiger partial charge on any atom is 0.410 e. The second-order valence-electron chi connectivity index (χ2n) is 19.7. The van der Waals surface area contributed by atoms with Gasteiger partial charge in [-0.1, -0.05) is 163 Å². The summed E-state index contributed by atoms with van der Waals surface area (Å²) in [6.45, 7) is 11.4. The van der Waals surface area contributed by atoms with E-state index in [1.165, 1.54) is 30.6 Å². The van der Waals surface area contributed by atoms with Gasteiger partial charge in [0.1, 0.15) is 13.2 Å². The van der Waals surface area contributed by atoms with E-state index in [-0.39, 0.29) is 84.8 Å². The lowest BCUT2D eigenvalue weighted by Crippen LogP contribution is -2.46. The Bertz CT molecular complexity index is 1270. The fourth-order valence-corrected chi connectivity index (χ4v) is 8.70. The van der Waals surface area contributed by atoms with Gasteiger partial charge in [-0.3, -0.25) is 33.7 Å². The number of rotatable bonds is 46. The minimum absolute atomic E-state index is 0.148. The van der Waals surface area contributed by atoms with Crippen molar-refractivity contribution in [1.29, 1.82) is 0 Å². The summed E-state index contributed by atoms with van der Waals surface area (Å²) in [5.74, 6) is -4.64. The van der Waals surface area contributed by atoms with Crippen molar-refractivity contribution in [3.8, 4) is 0 Å². The Kier molecular flexibility index (Phi) is 41.0. The van der Waals surface area contributed by atoms with E-state index in [2.05, 4.69) is 27.7 Å². The number of esters is 6. The third-order valence-corrected chi connectivity index (χ3v) is 12.9. The van der Waals surface area contributed by atoms with Crippen LogP contribution in [0.25, 0.3) is 0 Å². The topological polar surface area (TPSA) is 187 Å². The molecular weight excluding hydrogens is 911 g/mol. The molecule has 1 saturated heterocycles. The van der Waals surface area contributed by atoms with Crippen molar-refractivity contribution in [2.24, 2.45) is 11.8 Å². The number of likely N-dealkylation sites (tertiary alicyclic amines) is 1. The Labute approximate surface area is 428 Å². The van der Waals surface area contributed by atoms with Crippen LogP contribution in [0.15, 0.2) is 0 Å². The van der Waals surface area contributed by atoms with Gasteiger partial charge in [-0.05, 0) is 56.8 Å². The van der Waals surface area contributed by atoms with Crippen molar-refractivity contribution in [1.82, 2.24) is 4.90 Å². The second-order valence-corrected chi connectivity index (χ2v) is 19.7. The Morgan fingerprint density at radius 3 is 0.845 bits per heavy atom. The Balaban J connectivity index is 2.94. The summed E-state index contributed by atoms with van der Waals surface area (Å²) in [4.78, 5) is 93.3. The van der Waals surface area contributed by atoms with Crippen molar-refractivity contribution in [3.05, 3.63) is 0 Å². The molecule has 0 saturated carbocycles. The normalized spacial score (nSPS) is 14.4. The molecule has 1 amide bonds. The molecule has 0 aromatic rings. The number of hydrogen-bond donors (Lipinski definition) is 0. The highest BCUT2D eigenvalue weighted by Gasteiger charge is 2.40. The van der Waals surface area contributed by atoms with Crippen LogP contribution in [-0.2, 0) is 61.9 Å². The second kappa shape index (κ2) is 44.8. The van der Waals surface area contributed by atoms with E-state index >= 15 is 0 Å². The van der Waals surface area contributed by atoms with E-state index < -0.39 is 65.8 Å². The van der Waals surface area contributed by atoms with Crippen LogP contribution in [0, 0.1) is 11.8 Å². The van der Waals surface area contributed by atoms with Gasteiger partial charge in [0.15, 0.2) is 0 Å². The summed E-state index contributed by atoms with van der Waals surface area (Å²) in [5, 5.41) is 0. The minimum atomic E-state index is -0.703. The average molecular weight is 1010 g/mol. The van der Waals surface area contributed by atoms with E-state index in [1.807, 2.05) is 6.92 Å². The molecule has 15 nitrogen and oxygen atoms in total. The van der Waals surface area contributed by atoms with E-state index in [4.69, 9.17) is 33.2 Å². The molecule has 1 aliphatic rings. The van der Waals surface area contributed by atoms with Gasteiger partial charge in [-0.15, -0.1) is 0 Å². The fourth-order valence-electron chi connectivity index (χ4n) is 8.70. The Morgan fingerprint density at radius 2 is 0.577 bits per heavy atom. The van der Waals surface area contributed by atoms with Crippen LogP contribution in [0.2, 0.25) is 0 Å². The maximum atomic E-state index is 13.5. The molecule has 1 heterocycles. The van der Waals surface area contributed by atoms with Gasteiger partial charge >= 0.3 is 41.9 Å². The average Bonchev–Trinajstić information content (AvgIpc) is 3.76. The van der Waals surface area contributed by atoms with Gasteiger partial charge in [0.25, 0.3) is 0 Å². The van der Waals surface area contributed by atoms with Gasteiger partial charge in [0.2, 0.25) is 0 Å². The van der Waals surface area contributed by atoms with E-state index in [0.29, 0.717) is 19.3 Å². The van der Waals surface area contributed by atoms with Gasteiger partial charge in [0, 0.05) is 38.5 Å². The zero-order chi connectivity index (χ0) is 52.2. The number of hydrogen-bond acceptors (Lipinski definition) is 14. The molecule has 0 aromatic heterocycles.